The van der Waals surface area contributed by atoms with Gasteiger partial charge in [-0.05, 0) is 51.4 Å². The van der Waals surface area contributed by atoms with Gasteiger partial charge in [0, 0.05) is 6.42 Å². The van der Waals surface area contributed by atoms with Crippen LogP contribution in [0.4, 0.5) is 0 Å². The SMILES string of the molecule is CC/C=C/C1C=CCC1CCCCCCCCC1=NC(C)(C)CO1. The van der Waals surface area contributed by atoms with Crippen LogP contribution < -0.4 is 0 Å². The van der Waals surface area contributed by atoms with Crippen LogP contribution in [0, 0.1) is 11.8 Å². The highest BCUT2D eigenvalue weighted by molar-refractivity contribution is 5.78. The van der Waals surface area contributed by atoms with Crippen LogP contribution in [0.2, 0.25) is 0 Å². The van der Waals surface area contributed by atoms with E-state index in [1.807, 2.05) is 0 Å². The molecule has 0 bridgehead atoms. The Hall–Kier alpha value is -1.05. The average Bonchev–Trinajstić information content (AvgIpc) is 3.13. The molecule has 0 aromatic heterocycles. The van der Waals surface area contributed by atoms with Gasteiger partial charge in [0.15, 0.2) is 5.90 Å². The maximum atomic E-state index is 5.65. The third-order valence-electron chi connectivity index (χ3n) is 5.17. The molecule has 24 heavy (non-hydrogen) atoms. The number of allylic oxidation sites excluding steroid dienone is 4. The molecule has 0 saturated heterocycles. The zero-order chi connectivity index (χ0) is 17.3. The van der Waals surface area contributed by atoms with Crippen LogP contribution in [0.25, 0.3) is 0 Å². The number of hydrogen-bond donors (Lipinski definition) is 0. The third-order valence-corrected chi connectivity index (χ3v) is 5.17. The molecule has 2 unspecified atom stereocenters. The highest BCUT2D eigenvalue weighted by Crippen LogP contribution is 2.31. The first kappa shape index (κ1) is 19.3. The van der Waals surface area contributed by atoms with Gasteiger partial charge in [-0.15, -0.1) is 0 Å². The molecule has 136 valence electrons. The molecule has 0 saturated carbocycles. The Morgan fingerprint density at radius 2 is 1.92 bits per heavy atom. The standard InChI is InChI=1S/C22H37NO/c1-4-5-13-19-15-12-16-20(19)14-10-8-6-7-9-11-17-21-23-22(2,3)18-24-21/h5,12-13,15,19-20H,4,6-11,14,16-18H2,1-3H3/b13-5+. The second kappa shape index (κ2) is 10.1. The van der Waals surface area contributed by atoms with E-state index in [-0.39, 0.29) is 5.54 Å². The minimum absolute atomic E-state index is 0.00854. The lowest BCUT2D eigenvalue weighted by Crippen LogP contribution is -2.17. The fourth-order valence-electron chi connectivity index (χ4n) is 3.73. The lowest BCUT2D eigenvalue weighted by molar-refractivity contribution is 0.273. The first-order valence-corrected chi connectivity index (χ1v) is 10.2. The molecule has 2 heteroatoms. The molecule has 0 fully saturated rings. The quantitative estimate of drug-likeness (QED) is 0.314. The first-order chi connectivity index (χ1) is 11.6. The Labute approximate surface area is 149 Å². The summed E-state index contributed by atoms with van der Waals surface area (Å²) in [5, 5.41) is 0. The van der Waals surface area contributed by atoms with Gasteiger partial charge in [-0.1, -0.05) is 63.3 Å². The molecule has 2 nitrogen and oxygen atoms in total. The minimum atomic E-state index is 0.00854. The largest absolute Gasteiger partial charge is 0.478 e. The van der Waals surface area contributed by atoms with Gasteiger partial charge >= 0.3 is 0 Å². The van der Waals surface area contributed by atoms with Gasteiger partial charge in [0.25, 0.3) is 0 Å². The fraction of sp³-hybridized carbons (Fsp3) is 0.773. The normalized spacial score (nSPS) is 25.4. The van der Waals surface area contributed by atoms with Gasteiger partial charge in [0.1, 0.15) is 6.61 Å². The van der Waals surface area contributed by atoms with Crippen LogP contribution in [0.15, 0.2) is 29.3 Å². The van der Waals surface area contributed by atoms with Gasteiger partial charge in [0.05, 0.1) is 5.54 Å². The van der Waals surface area contributed by atoms with Gasteiger partial charge in [-0.2, -0.15) is 0 Å². The van der Waals surface area contributed by atoms with Crippen LogP contribution >= 0.6 is 0 Å². The van der Waals surface area contributed by atoms with Crippen molar-refractivity contribution in [3.05, 3.63) is 24.3 Å². The summed E-state index contributed by atoms with van der Waals surface area (Å²) in [4.78, 5) is 4.62. The summed E-state index contributed by atoms with van der Waals surface area (Å²) in [7, 11) is 0. The van der Waals surface area contributed by atoms with Crippen molar-refractivity contribution in [2.45, 2.75) is 90.5 Å². The summed E-state index contributed by atoms with van der Waals surface area (Å²) in [6, 6.07) is 0. The Kier molecular flexibility index (Phi) is 8.08. The molecule has 2 aliphatic rings. The Morgan fingerprint density at radius 1 is 1.17 bits per heavy atom. The first-order valence-electron chi connectivity index (χ1n) is 10.2. The van der Waals surface area contributed by atoms with Crippen molar-refractivity contribution in [3.8, 4) is 0 Å². The van der Waals surface area contributed by atoms with Crippen LogP contribution in [0.5, 0.6) is 0 Å². The van der Waals surface area contributed by atoms with E-state index in [9.17, 15) is 0 Å². The minimum Gasteiger partial charge on any atom is -0.478 e. The molecule has 0 aromatic carbocycles. The summed E-state index contributed by atoms with van der Waals surface area (Å²) < 4.78 is 5.65. The average molecular weight is 332 g/mol. The lowest BCUT2D eigenvalue weighted by Gasteiger charge is -2.16. The Balaban J connectivity index is 1.45. The fourth-order valence-corrected chi connectivity index (χ4v) is 3.73. The number of ether oxygens (including phenoxy) is 1. The number of aliphatic imine (C=N–C) groups is 1. The van der Waals surface area contributed by atoms with Crippen molar-refractivity contribution in [2.24, 2.45) is 16.8 Å². The zero-order valence-corrected chi connectivity index (χ0v) is 16.1. The van der Waals surface area contributed by atoms with Gasteiger partial charge in [-0.3, -0.25) is 0 Å². The van der Waals surface area contributed by atoms with E-state index < -0.39 is 0 Å². The molecule has 2 atom stereocenters. The predicted octanol–water partition coefficient (Wildman–Crippen LogP) is 6.47. The smallest absolute Gasteiger partial charge is 0.183 e. The molecule has 2 rings (SSSR count). The second-order valence-corrected chi connectivity index (χ2v) is 8.10. The van der Waals surface area contributed by atoms with E-state index in [1.54, 1.807) is 0 Å². The van der Waals surface area contributed by atoms with Crippen LogP contribution in [-0.2, 0) is 4.74 Å². The number of unbranched alkanes of at least 4 members (excludes halogenated alkanes) is 5. The third kappa shape index (κ3) is 6.83. The van der Waals surface area contributed by atoms with Crippen molar-refractivity contribution in [1.82, 2.24) is 0 Å². The summed E-state index contributed by atoms with van der Waals surface area (Å²) in [6.07, 6.45) is 22.5. The Morgan fingerprint density at radius 3 is 2.62 bits per heavy atom. The van der Waals surface area contributed by atoms with Crippen molar-refractivity contribution < 1.29 is 4.74 Å². The van der Waals surface area contributed by atoms with E-state index in [0.717, 1.165) is 31.3 Å². The highest BCUT2D eigenvalue weighted by atomic mass is 16.5. The lowest BCUT2D eigenvalue weighted by atomic mass is 9.89. The summed E-state index contributed by atoms with van der Waals surface area (Å²) in [5.74, 6) is 2.56. The molecule has 1 aliphatic carbocycles. The topological polar surface area (TPSA) is 21.6 Å². The highest BCUT2D eigenvalue weighted by Gasteiger charge is 2.25. The summed E-state index contributed by atoms with van der Waals surface area (Å²) >= 11 is 0. The van der Waals surface area contributed by atoms with Crippen molar-refractivity contribution in [1.29, 1.82) is 0 Å². The number of hydrogen-bond acceptors (Lipinski definition) is 2. The van der Waals surface area contributed by atoms with Crippen molar-refractivity contribution >= 4 is 5.90 Å². The monoisotopic (exact) mass is 331 g/mol. The van der Waals surface area contributed by atoms with Crippen molar-refractivity contribution in [3.63, 3.8) is 0 Å². The summed E-state index contributed by atoms with van der Waals surface area (Å²) in [5.41, 5.74) is 0.00854. The van der Waals surface area contributed by atoms with Gasteiger partial charge in [-0.25, -0.2) is 4.99 Å². The van der Waals surface area contributed by atoms with E-state index in [1.165, 1.54) is 51.4 Å². The van der Waals surface area contributed by atoms with Crippen LogP contribution in [-0.4, -0.2) is 18.0 Å². The van der Waals surface area contributed by atoms with Gasteiger partial charge < -0.3 is 4.74 Å². The Bertz CT molecular complexity index is 447. The molecular formula is C22H37NO. The van der Waals surface area contributed by atoms with E-state index in [2.05, 4.69) is 50.1 Å². The van der Waals surface area contributed by atoms with Gasteiger partial charge in [0.2, 0.25) is 0 Å². The molecule has 1 heterocycles. The molecule has 1 aliphatic heterocycles. The molecule has 0 radical (unpaired) electrons. The molecule has 0 amide bonds. The zero-order valence-electron chi connectivity index (χ0n) is 16.1. The maximum absolute atomic E-state index is 5.65. The van der Waals surface area contributed by atoms with E-state index in [4.69, 9.17) is 4.74 Å². The van der Waals surface area contributed by atoms with Crippen molar-refractivity contribution in [2.75, 3.05) is 6.61 Å². The van der Waals surface area contributed by atoms with Crippen LogP contribution in [0.1, 0.15) is 85.0 Å². The number of rotatable bonds is 11. The second-order valence-electron chi connectivity index (χ2n) is 8.10. The van der Waals surface area contributed by atoms with Crippen LogP contribution in [0.3, 0.4) is 0 Å². The molecular weight excluding hydrogens is 294 g/mol. The predicted molar refractivity (Wildman–Crippen MR) is 105 cm³/mol. The molecule has 0 aromatic rings. The molecule has 0 spiro atoms. The maximum Gasteiger partial charge on any atom is 0.183 e. The summed E-state index contributed by atoms with van der Waals surface area (Å²) in [6.45, 7) is 7.26. The van der Waals surface area contributed by atoms with E-state index >= 15 is 0 Å². The van der Waals surface area contributed by atoms with E-state index in [0.29, 0.717) is 5.92 Å². The molecule has 0 N–H and O–H groups in total. The number of nitrogens with zero attached hydrogens (tertiary/aromatic N) is 1.